The quantitative estimate of drug-likeness (QED) is 0.151. The van der Waals surface area contributed by atoms with Gasteiger partial charge in [0.15, 0.2) is 22.9 Å². The standard InChI is InChI=1S/C22H28N10O10P2/c23-19-13-21(27-5-25-19)31(7-29-13)11-1-9-3-39-43(35,36)42-18-10(4-40-44(37,38)41-17(9)15(11)33)2-12(16(18)34)32-8-30-14-20(24)26-6-28-22(14)32/h5-12,15-18,33-34H,1-4H2,(H,35,36)(H,37,38)(H2,23,25,27)(H2,24,26,28)/t9-,10-,11-,12-,15?,16?,17?,18?/m1/s1. The molecule has 3 fully saturated rings. The first-order valence-corrected chi connectivity index (χ1v) is 16.4. The van der Waals surface area contributed by atoms with E-state index in [-0.39, 0.29) is 35.5 Å². The van der Waals surface area contributed by atoms with Gasteiger partial charge < -0.3 is 40.6 Å². The number of aliphatic hydroxyl groups is 2. The zero-order chi connectivity index (χ0) is 31.0. The lowest BCUT2D eigenvalue weighted by Crippen LogP contribution is -2.35. The summed E-state index contributed by atoms with van der Waals surface area (Å²) in [5.41, 5.74) is 12.9. The molecule has 1 aliphatic heterocycles. The van der Waals surface area contributed by atoms with E-state index in [1.807, 2.05) is 0 Å². The van der Waals surface area contributed by atoms with Crippen LogP contribution in [0, 0.1) is 11.8 Å². The van der Waals surface area contributed by atoms with Crippen LogP contribution in [0.2, 0.25) is 0 Å². The molecule has 0 amide bonds. The summed E-state index contributed by atoms with van der Waals surface area (Å²) in [7, 11) is -9.69. The summed E-state index contributed by atoms with van der Waals surface area (Å²) >= 11 is 0. The third-order valence-electron chi connectivity index (χ3n) is 8.38. The number of rotatable bonds is 2. The van der Waals surface area contributed by atoms with Crippen LogP contribution in [-0.4, -0.2) is 96.7 Å². The first-order valence-electron chi connectivity index (χ1n) is 13.5. The second kappa shape index (κ2) is 10.7. The number of fused-ring (bicyclic) bond motifs is 4. The van der Waals surface area contributed by atoms with Crippen molar-refractivity contribution in [1.29, 1.82) is 0 Å². The minimum atomic E-state index is -4.84. The number of hydrogen-bond acceptors (Lipinski definition) is 16. The van der Waals surface area contributed by atoms with Gasteiger partial charge in [-0.05, 0) is 12.8 Å². The molecule has 4 aromatic heterocycles. The van der Waals surface area contributed by atoms with E-state index in [9.17, 15) is 29.1 Å². The van der Waals surface area contributed by atoms with Crippen LogP contribution in [0.25, 0.3) is 22.3 Å². The smallest absolute Gasteiger partial charge is 0.388 e. The van der Waals surface area contributed by atoms with Gasteiger partial charge in [-0.2, -0.15) is 0 Å². The molecule has 6 unspecified atom stereocenters. The lowest BCUT2D eigenvalue weighted by atomic mass is 10.1. The number of nitrogens with zero attached hydrogens (tertiary/aromatic N) is 8. The number of nitrogen functional groups attached to an aromatic ring is 2. The predicted molar refractivity (Wildman–Crippen MR) is 147 cm³/mol. The molecule has 236 valence electrons. The fourth-order valence-electron chi connectivity index (χ4n) is 6.32. The number of imidazole rings is 2. The minimum Gasteiger partial charge on any atom is -0.388 e. The van der Waals surface area contributed by atoms with E-state index >= 15 is 0 Å². The Bertz CT molecular complexity index is 1690. The van der Waals surface area contributed by atoms with Gasteiger partial charge in [-0.3, -0.25) is 18.1 Å². The molecular formula is C22H28N10O10P2. The highest BCUT2D eigenvalue weighted by Crippen LogP contribution is 2.56. The topological polar surface area (TPSA) is 291 Å². The highest BCUT2D eigenvalue weighted by molar-refractivity contribution is 7.47. The van der Waals surface area contributed by atoms with Crippen molar-refractivity contribution in [3.8, 4) is 0 Å². The van der Waals surface area contributed by atoms with Gasteiger partial charge in [-0.15, -0.1) is 0 Å². The Morgan fingerprint density at radius 3 is 1.52 bits per heavy atom. The molecule has 0 spiro atoms. The summed E-state index contributed by atoms with van der Waals surface area (Å²) in [5.74, 6) is -1.54. The van der Waals surface area contributed by atoms with Gasteiger partial charge in [0.1, 0.15) is 48.1 Å². The molecular weight excluding hydrogens is 626 g/mol. The molecule has 2 saturated carbocycles. The number of hydrogen-bond donors (Lipinski definition) is 6. The maximum Gasteiger partial charge on any atom is 0.472 e. The Morgan fingerprint density at radius 2 is 1.11 bits per heavy atom. The Morgan fingerprint density at radius 1 is 0.705 bits per heavy atom. The molecule has 0 aromatic carbocycles. The molecule has 1 saturated heterocycles. The van der Waals surface area contributed by atoms with Crippen LogP contribution in [0.1, 0.15) is 24.9 Å². The maximum absolute atomic E-state index is 13.2. The number of phosphoric acid groups is 2. The van der Waals surface area contributed by atoms with E-state index in [1.165, 1.54) is 34.4 Å². The SMILES string of the molecule is Nc1ncnc2c1ncn2[C@@H]1C[C@@H]2COP(=O)(O)OC3C(O)[C@H](n4cnc5c(N)ncnc54)C[C@@H]3COP(=O)(O)OC2C1O. The van der Waals surface area contributed by atoms with Gasteiger partial charge in [0.05, 0.1) is 38.0 Å². The van der Waals surface area contributed by atoms with Crippen LogP contribution >= 0.6 is 15.6 Å². The molecule has 2 aliphatic carbocycles. The highest BCUT2D eigenvalue weighted by atomic mass is 31.2. The molecule has 5 heterocycles. The molecule has 0 radical (unpaired) electrons. The molecule has 7 rings (SSSR count). The monoisotopic (exact) mass is 654 g/mol. The van der Waals surface area contributed by atoms with E-state index in [2.05, 4.69) is 29.9 Å². The van der Waals surface area contributed by atoms with Crippen molar-refractivity contribution >= 4 is 49.6 Å². The van der Waals surface area contributed by atoms with Crippen LogP contribution in [0.15, 0.2) is 25.3 Å². The van der Waals surface area contributed by atoms with E-state index in [4.69, 9.17) is 29.6 Å². The van der Waals surface area contributed by atoms with E-state index < -0.39 is 77.2 Å². The summed E-state index contributed by atoms with van der Waals surface area (Å²) in [4.78, 5) is 46.0. The molecule has 0 bridgehead atoms. The maximum atomic E-state index is 13.2. The van der Waals surface area contributed by atoms with Gasteiger partial charge in [0.2, 0.25) is 0 Å². The number of aromatic nitrogens is 8. The average molecular weight is 654 g/mol. The molecule has 10 atom stereocenters. The van der Waals surface area contributed by atoms with Crippen molar-refractivity contribution in [2.75, 3.05) is 24.7 Å². The third kappa shape index (κ3) is 5.06. The molecule has 20 nitrogen and oxygen atoms in total. The van der Waals surface area contributed by atoms with E-state index in [0.29, 0.717) is 11.3 Å². The largest absolute Gasteiger partial charge is 0.472 e. The second-order valence-electron chi connectivity index (χ2n) is 10.9. The molecule has 8 N–H and O–H groups in total. The van der Waals surface area contributed by atoms with Crippen molar-refractivity contribution < 1.29 is 47.2 Å². The lowest BCUT2D eigenvalue weighted by Gasteiger charge is -2.29. The van der Waals surface area contributed by atoms with Gasteiger partial charge in [-0.25, -0.2) is 39.0 Å². The van der Waals surface area contributed by atoms with Crippen molar-refractivity contribution in [3.05, 3.63) is 25.3 Å². The molecule has 44 heavy (non-hydrogen) atoms. The van der Waals surface area contributed by atoms with Crippen molar-refractivity contribution in [2.45, 2.75) is 49.3 Å². The minimum absolute atomic E-state index is 0.0522. The summed E-state index contributed by atoms with van der Waals surface area (Å²) in [5, 5.41) is 22.5. The number of nitrogens with two attached hydrogens (primary N) is 2. The van der Waals surface area contributed by atoms with Crippen molar-refractivity contribution in [1.82, 2.24) is 39.0 Å². The Balaban J connectivity index is 1.17. The fourth-order valence-corrected chi connectivity index (χ4v) is 8.41. The highest BCUT2D eigenvalue weighted by Gasteiger charge is 2.52. The summed E-state index contributed by atoms with van der Waals surface area (Å²) < 4.78 is 51.0. The number of anilines is 2. The van der Waals surface area contributed by atoms with Gasteiger partial charge in [-0.1, -0.05) is 0 Å². The summed E-state index contributed by atoms with van der Waals surface area (Å²) in [6.45, 7) is -1.04. The number of phosphoric ester groups is 2. The van der Waals surface area contributed by atoms with Crippen LogP contribution in [0.4, 0.5) is 11.6 Å². The third-order valence-corrected chi connectivity index (χ3v) is 10.4. The molecule has 22 heteroatoms. The van der Waals surface area contributed by atoms with Crippen LogP contribution < -0.4 is 11.5 Å². The van der Waals surface area contributed by atoms with E-state index in [1.54, 1.807) is 0 Å². The van der Waals surface area contributed by atoms with Crippen molar-refractivity contribution in [2.24, 2.45) is 11.8 Å². The lowest BCUT2D eigenvalue weighted by molar-refractivity contribution is -0.0375. The summed E-state index contributed by atoms with van der Waals surface area (Å²) in [6.07, 6.45) is -0.247. The first kappa shape index (κ1) is 29.5. The van der Waals surface area contributed by atoms with Crippen LogP contribution in [0.3, 0.4) is 0 Å². The zero-order valence-electron chi connectivity index (χ0n) is 22.6. The predicted octanol–water partition coefficient (Wildman–Crippen LogP) is -0.308. The molecule has 3 aliphatic rings. The van der Waals surface area contributed by atoms with Crippen LogP contribution in [0.5, 0.6) is 0 Å². The normalized spacial score (nSPS) is 38.3. The zero-order valence-corrected chi connectivity index (χ0v) is 24.4. The molecule has 4 aromatic rings. The van der Waals surface area contributed by atoms with E-state index in [0.717, 1.165) is 0 Å². The number of aliphatic hydroxyl groups excluding tert-OH is 2. The van der Waals surface area contributed by atoms with Crippen LogP contribution in [-0.2, 0) is 27.2 Å². The Kier molecular flexibility index (Phi) is 7.21. The van der Waals surface area contributed by atoms with Crippen molar-refractivity contribution in [3.63, 3.8) is 0 Å². The van der Waals surface area contributed by atoms with Gasteiger partial charge in [0.25, 0.3) is 0 Å². The second-order valence-corrected chi connectivity index (χ2v) is 13.8. The Labute approximate surface area is 247 Å². The average Bonchev–Trinajstić information content (AvgIpc) is 3.73. The Hall–Kier alpha value is -3.16. The fraction of sp³-hybridized carbons (Fsp3) is 0.545. The van der Waals surface area contributed by atoms with Gasteiger partial charge >= 0.3 is 15.6 Å². The summed E-state index contributed by atoms with van der Waals surface area (Å²) in [6, 6.07) is -1.61. The van der Waals surface area contributed by atoms with Gasteiger partial charge in [0, 0.05) is 11.8 Å². The first-order chi connectivity index (χ1) is 20.9.